The van der Waals surface area contributed by atoms with Crippen molar-refractivity contribution in [2.45, 2.75) is 62.2 Å². The van der Waals surface area contributed by atoms with Crippen molar-refractivity contribution >= 4 is 47.2 Å². The van der Waals surface area contributed by atoms with Gasteiger partial charge in [-0.05, 0) is 30.4 Å². The number of carbonyl (C=O) groups is 4. The molecule has 3 aliphatic rings. The number of nitrogens with zero attached hydrogens (tertiary/aromatic N) is 2. The van der Waals surface area contributed by atoms with Crippen molar-refractivity contribution in [3.05, 3.63) is 35.9 Å². The van der Waals surface area contributed by atoms with E-state index in [-0.39, 0.29) is 34.1 Å². The van der Waals surface area contributed by atoms with Crippen LogP contribution in [0.2, 0.25) is 0 Å². The Labute approximate surface area is 232 Å². The van der Waals surface area contributed by atoms with E-state index in [2.05, 4.69) is 22.0 Å². The highest BCUT2D eigenvalue weighted by Crippen LogP contribution is 2.52. The fourth-order valence-corrected chi connectivity index (χ4v) is 8.45. The van der Waals surface area contributed by atoms with Gasteiger partial charge in [0.2, 0.25) is 17.7 Å². The summed E-state index contributed by atoms with van der Waals surface area (Å²) in [5.41, 5.74) is -0.157. The van der Waals surface area contributed by atoms with Crippen LogP contribution in [-0.4, -0.2) is 75.3 Å². The highest BCUT2D eigenvalue weighted by Gasteiger charge is 2.53. The number of rotatable bonds is 7. The fraction of sp³-hybridized carbons (Fsp3) is 0.593. The summed E-state index contributed by atoms with van der Waals surface area (Å²) in [4.78, 5) is 54.3. The van der Waals surface area contributed by atoms with E-state index < -0.39 is 29.4 Å². The lowest BCUT2D eigenvalue weighted by Crippen LogP contribution is -2.58. The molecule has 0 saturated carbocycles. The van der Waals surface area contributed by atoms with Gasteiger partial charge >= 0.3 is 0 Å². The number of thioether (sulfide) groups is 2. The van der Waals surface area contributed by atoms with Gasteiger partial charge in [0.15, 0.2) is 0 Å². The molecule has 0 unspecified atom stereocenters. The Kier molecular flexibility index (Phi) is 8.62. The van der Waals surface area contributed by atoms with Crippen LogP contribution >= 0.6 is 23.5 Å². The van der Waals surface area contributed by atoms with Gasteiger partial charge in [0.25, 0.3) is 5.91 Å². The molecule has 3 fully saturated rings. The maximum atomic E-state index is 14.1. The van der Waals surface area contributed by atoms with E-state index in [4.69, 9.17) is 0 Å². The van der Waals surface area contributed by atoms with Crippen LogP contribution in [0.1, 0.15) is 50.4 Å². The predicted octanol–water partition coefficient (Wildman–Crippen LogP) is 2.14. The molecule has 4 amide bonds. The Bertz CT molecular complexity index is 1110. The van der Waals surface area contributed by atoms with Crippen molar-refractivity contribution in [3.63, 3.8) is 0 Å². The number of hydrogen-bond donors (Lipinski definition) is 3. The molecule has 9 nitrogen and oxygen atoms in total. The zero-order valence-electron chi connectivity index (χ0n) is 22.0. The molecule has 3 aliphatic heterocycles. The first-order chi connectivity index (χ1) is 18.0. The summed E-state index contributed by atoms with van der Waals surface area (Å²) >= 11 is 3.52. The molecular formula is C27H35N5O4S2. The van der Waals surface area contributed by atoms with Gasteiger partial charge in [-0.25, -0.2) is 0 Å². The van der Waals surface area contributed by atoms with Gasteiger partial charge < -0.3 is 20.9 Å². The number of nitrogens with one attached hydrogen (secondary N) is 3. The van der Waals surface area contributed by atoms with Crippen molar-refractivity contribution in [1.82, 2.24) is 20.9 Å². The molecule has 38 heavy (non-hydrogen) atoms. The van der Waals surface area contributed by atoms with Crippen LogP contribution in [0.5, 0.6) is 0 Å². The van der Waals surface area contributed by atoms with Crippen molar-refractivity contribution in [2.75, 3.05) is 24.6 Å². The van der Waals surface area contributed by atoms with Crippen molar-refractivity contribution < 1.29 is 19.2 Å². The number of carbonyl (C=O) groups excluding carboxylic acids is 4. The Morgan fingerprint density at radius 3 is 2.45 bits per heavy atom. The normalized spacial score (nSPS) is 23.9. The first kappa shape index (κ1) is 28.3. The summed E-state index contributed by atoms with van der Waals surface area (Å²) in [5, 5.41) is 18.2. The number of likely N-dealkylation sites (tertiary alicyclic amines) is 1. The van der Waals surface area contributed by atoms with E-state index in [9.17, 15) is 24.4 Å². The molecule has 0 aliphatic carbocycles. The van der Waals surface area contributed by atoms with E-state index in [1.807, 2.05) is 26.8 Å². The third-order valence-electron chi connectivity index (χ3n) is 7.27. The Morgan fingerprint density at radius 1 is 1.18 bits per heavy atom. The van der Waals surface area contributed by atoms with Crippen molar-refractivity contribution in [2.24, 2.45) is 11.3 Å². The number of hydrogen-bond acceptors (Lipinski definition) is 7. The zero-order valence-corrected chi connectivity index (χ0v) is 23.6. The molecule has 4 rings (SSSR count). The van der Waals surface area contributed by atoms with Gasteiger partial charge in [0, 0.05) is 42.5 Å². The van der Waals surface area contributed by atoms with Crippen LogP contribution in [0.25, 0.3) is 0 Å². The van der Waals surface area contributed by atoms with E-state index in [1.165, 1.54) is 0 Å². The SMILES string of the molecule is CC(C)(C)[C@H](NC(=O)c1ccccc1)C(=O)N1CC2(C[C@H]1C(=O)N[C@H](C#N)C[C@@H]1CCNC1=O)SCCS2. The molecule has 0 radical (unpaired) electrons. The molecule has 4 atom stereocenters. The second-order valence-electron chi connectivity index (χ2n) is 11.1. The molecule has 3 N–H and O–H groups in total. The maximum absolute atomic E-state index is 14.1. The standard InChI is InChI=1S/C27H35N5O4S2/c1-26(2,3)21(31-23(34)17-7-5-4-6-8-17)25(36)32-16-27(37-11-12-38-27)14-20(32)24(35)30-19(15-28)13-18-9-10-29-22(18)33/h4-8,18-21H,9-14,16H2,1-3H3,(H,29,33)(H,30,35)(H,31,34)/t18-,19-,20-,21+/m0/s1. The van der Waals surface area contributed by atoms with E-state index in [1.54, 1.807) is 52.7 Å². The van der Waals surface area contributed by atoms with Gasteiger partial charge in [-0.3, -0.25) is 19.2 Å². The molecule has 1 aromatic rings. The quantitative estimate of drug-likeness (QED) is 0.468. The lowest BCUT2D eigenvalue weighted by atomic mass is 9.85. The average molecular weight is 558 g/mol. The summed E-state index contributed by atoms with van der Waals surface area (Å²) < 4.78 is -0.295. The van der Waals surface area contributed by atoms with Gasteiger partial charge in [0.05, 0.1) is 10.1 Å². The Hall–Kier alpha value is -2.71. The van der Waals surface area contributed by atoms with Crippen LogP contribution in [-0.2, 0) is 14.4 Å². The molecule has 0 aromatic heterocycles. The molecule has 1 spiro atoms. The zero-order chi connectivity index (χ0) is 27.5. The molecule has 204 valence electrons. The fourth-order valence-electron chi connectivity index (χ4n) is 5.20. The monoisotopic (exact) mass is 557 g/mol. The number of amides is 4. The predicted molar refractivity (Wildman–Crippen MR) is 148 cm³/mol. The second kappa shape index (κ2) is 11.6. The van der Waals surface area contributed by atoms with E-state index in [0.717, 1.165) is 11.5 Å². The third kappa shape index (κ3) is 6.29. The summed E-state index contributed by atoms with van der Waals surface area (Å²) in [7, 11) is 0. The molecule has 0 bridgehead atoms. The van der Waals surface area contributed by atoms with Gasteiger partial charge in [-0.15, -0.1) is 23.5 Å². The van der Waals surface area contributed by atoms with Crippen LogP contribution in [0.4, 0.5) is 0 Å². The maximum Gasteiger partial charge on any atom is 0.251 e. The minimum atomic E-state index is -0.856. The van der Waals surface area contributed by atoms with E-state index >= 15 is 0 Å². The van der Waals surface area contributed by atoms with Gasteiger partial charge in [-0.1, -0.05) is 39.0 Å². The summed E-state index contributed by atoms with van der Waals surface area (Å²) in [6.45, 7) is 6.62. The van der Waals surface area contributed by atoms with Crippen LogP contribution < -0.4 is 16.0 Å². The smallest absolute Gasteiger partial charge is 0.251 e. The van der Waals surface area contributed by atoms with Gasteiger partial charge in [0.1, 0.15) is 18.1 Å². The first-order valence-corrected chi connectivity index (χ1v) is 14.9. The largest absolute Gasteiger partial charge is 0.356 e. The number of nitriles is 1. The Morgan fingerprint density at radius 2 is 1.87 bits per heavy atom. The first-order valence-electron chi connectivity index (χ1n) is 12.9. The number of benzene rings is 1. The lowest BCUT2D eigenvalue weighted by Gasteiger charge is -2.35. The van der Waals surface area contributed by atoms with E-state index in [0.29, 0.717) is 31.5 Å². The molecule has 3 saturated heterocycles. The summed E-state index contributed by atoms with van der Waals surface area (Å²) in [5.74, 6) is 0.408. The molecule has 1 aromatic carbocycles. The molecule has 3 heterocycles. The topological polar surface area (TPSA) is 131 Å². The van der Waals surface area contributed by atoms with Gasteiger partial charge in [-0.2, -0.15) is 5.26 Å². The molecule has 11 heteroatoms. The molecular weight excluding hydrogens is 522 g/mol. The van der Waals surface area contributed by atoms with Crippen LogP contribution in [0.15, 0.2) is 30.3 Å². The summed E-state index contributed by atoms with van der Waals surface area (Å²) in [6, 6.07) is 8.40. The highest BCUT2D eigenvalue weighted by atomic mass is 32.2. The minimum absolute atomic E-state index is 0.0999. The van der Waals surface area contributed by atoms with Crippen molar-refractivity contribution in [3.8, 4) is 6.07 Å². The van der Waals surface area contributed by atoms with Crippen LogP contribution in [0.3, 0.4) is 0 Å². The lowest BCUT2D eigenvalue weighted by molar-refractivity contribution is -0.142. The minimum Gasteiger partial charge on any atom is -0.356 e. The van der Waals surface area contributed by atoms with Crippen molar-refractivity contribution in [1.29, 1.82) is 5.26 Å². The average Bonchev–Trinajstić information content (AvgIpc) is 3.62. The second-order valence-corrected chi connectivity index (χ2v) is 14.4. The van der Waals surface area contributed by atoms with Crippen LogP contribution in [0, 0.1) is 22.7 Å². The summed E-state index contributed by atoms with van der Waals surface area (Å²) in [6.07, 6.45) is 1.33. The Balaban J connectivity index is 1.54. The third-order valence-corrected chi connectivity index (χ3v) is 10.7. The highest BCUT2D eigenvalue weighted by molar-refractivity contribution is 8.21.